The molecule has 1 aliphatic heterocycles. The Kier molecular flexibility index (Phi) is 4.61. The maximum absolute atomic E-state index is 12.1. The molecule has 1 amide bonds. The summed E-state index contributed by atoms with van der Waals surface area (Å²) in [5.41, 5.74) is 2.12. The number of ether oxygens (including phenoxy) is 2. The molecule has 0 saturated heterocycles. The predicted molar refractivity (Wildman–Crippen MR) is 86.3 cm³/mol. The van der Waals surface area contributed by atoms with E-state index in [1.165, 1.54) is 18.2 Å². The van der Waals surface area contributed by atoms with Gasteiger partial charge in [-0.05, 0) is 30.3 Å². The fourth-order valence-electron chi connectivity index (χ4n) is 2.04. The summed E-state index contributed by atoms with van der Waals surface area (Å²) in [6, 6.07) is 12.6. The molecule has 7 nitrogen and oxygen atoms in total. The molecule has 0 aliphatic carbocycles. The molecule has 0 unspecified atom stereocenters. The van der Waals surface area contributed by atoms with Crippen molar-refractivity contribution >= 4 is 27.5 Å². The average molecular weight is 369 g/mol. The highest BCUT2D eigenvalue weighted by Crippen LogP contribution is 2.30. The van der Waals surface area contributed by atoms with Crippen molar-refractivity contribution in [1.82, 2.24) is 10.3 Å². The second-order valence-electron chi connectivity index (χ2n) is 4.92. The summed E-state index contributed by atoms with van der Waals surface area (Å²) in [7, 11) is -3.94. The van der Waals surface area contributed by atoms with E-state index < -0.39 is 22.0 Å². The van der Waals surface area contributed by atoms with Crippen LogP contribution in [0.25, 0.3) is 0 Å². The van der Waals surface area contributed by atoms with Crippen LogP contribution in [-0.4, -0.2) is 27.0 Å². The lowest BCUT2D eigenvalue weighted by Gasteiger charge is -2.25. The van der Waals surface area contributed by atoms with Crippen LogP contribution < -0.4 is 19.7 Å². The highest BCUT2D eigenvalue weighted by Gasteiger charge is 2.28. The van der Waals surface area contributed by atoms with E-state index >= 15 is 0 Å². The van der Waals surface area contributed by atoms with Crippen molar-refractivity contribution in [3.8, 4) is 11.5 Å². The molecule has 0 spiro atoms. The van der Waals surface area contributed by atoms with E-state index in [1.807, 2.05) is 4.83 Å². The Hall–Kier alpha value is -2.29. The van der Waals surface area contributed by atoms with E-state index in [1.54, 1.807) is 30.3 Å². The normalized spacial score (nSPS) is 16.5. The molecule has 1 heterocycles. The first-order valence-corrected chi connectivity index (χ1v) is 8.77. The molecule has 9 heteroatoms. The van der Waals surface area contributed by atoms with Crippen molar-refractivity contribution in [3.63, 3.8) is 0 Å². The molecule has 24 heavy (non-hydrogen) atoms. The molecule has 2 aromatic carbocycles. The van der Waals surface area contributed by atoms with Gasteiger partial charge in [0.15, 0.2) is 11.5 Å². The Morgan fingerprint density at radius 2 is 1.88 bits per heavy atom. The number of hydrazine groups is 1. The highest BCUT2D eigenvalue weighted by atomic mass is 35.5. The SMILES string of the molecule is O=C(NNS(=O)(=O)c1cccc(Cl)c1)[C@@H]1COc2ccccc2O1. The van der Waals surface area contributed by atoms with Gasteiger partial charge >= 0.3 is 0 Å². The number of para-hydroxylation sites is 2. The van der Waals surface area contributed by atoms with Crippen molar-refractivity contribution < 1.29 is 22.7 Å². The molecule has 0 bridgehead atoms. The Labute approximate surface area is 143 Å². The first kappa shape index (κ1) is 16.6. The monoisotopic (exact) mass is 368 g/mol. The van der Waals surface area contributed by atoms with Crippen LogP contribution in [0.3, 0.4) is 0 Å². The third-order valence-corrected chi connectivity index (χ3v) is 4.70. The number of nitrogens with one attached hydrogen (secondary N) is 2. The summed E-state index contributed by atoms with van der Waals surface area (Å²) >= 11 is 5.77. The number of amides is 1. The fourth-order valence-corrected chi connectivity index (χ4v) is 3.19. The van der Waals surface area contributed by atoms with Crippen LogP contribution in [0.4, 0.5) is 0 Å². The fraction of sp³-hybridized carbons (Fsp3) is 0.133. The van der Waals surface area contributed by atoms with Gasteiger partial charge in [0.05, 0.1) is 4.90 Å². The molecular formula is C15H13ClN2O5S. The van der Waals surface area contributed by atoms with E-state index in [0.29, 0.717) is 11.5 Å². The standard InChI is InChI=1S/C15H13ClN2O5S/c16-10-4-3-5-11(8-10)24(20,21)18-17-15(19)14-9-22-12-6-1-2-7-13(12)23-14/h1-8,14,18H,9H2,(H,17,19)/t14-/m0/s1. The zero-order valence-corrected chi connectivity index (χ0v) is 13.8. The number of hydrogen-bond acceptors (Lipinski definition) is 5. The van der Waals surface area contributed by atoms with Crippen molar-refractivity contribution in [1.29, 1.82) is 0 Å². The average Bonchev–Trinajstić information content (AvgIpc) is 2.59. The van der Waals surface area contributed by atoms with Gasteiger partial charge in [0, 0.05) is 5.02 Å². The maximum Gasteiger partial charge on any atom is 0.279 e. The predicted octanol–water partition coefficient (Wildman–Crippen LogP) is 1.49. The number of sulfonamides is 1. The quantitative estimate of drug-likeness (QED) is 0.797. The highest BCUT2D eigenvalue weighted by molar-refractivity contribution is 7.89. The number of rotatable bonds is 4. The van der Waals surface area contributed by atoms with Crippen LogP contribution in [0.15, 0.2) is 53.4 Å². The first-order valence-electron chi connectivity index (χ1n) is 6.91. The number of benzene rings is 2. The van der Waals surface area contributed by atoms with Gasteiger partial charge in [-0.15, -0.1) is 4.83 Å². The lowest BCUT2D eigenvalue weighted by Crippen LogP contribution is -2.50. The number of hydrogen-bond donors (Lipinski definition) is 2. The molecule has 0 radical (unpaired) electrons. The summed E-state index contributed by atoms with van der Waals surface area (Å²) < 4.78 is 35.1. The molecule has 1 aliphatic rings. The van der Waals surface area contributed by atoms with Gasteiger partial charge in [0.1, 0.15) is 6.61 Å². The number of halogens is 1. The van der Waals surface area contributed by atoms with Gasteiger partial charge in [-0.1, -0.05) is 29.8 Å². The molecular weight excluding hydrogens is 356 g/mol. The topological polar surface area (TPSA) is 93.7 Å². The third kappa shape index (κ3) is 3.61. The summed E-state index contributed by atoms with van der Waals surface area (Å²) in [6.07, 6.45) is -0.970. The van der Waals surface area contributed by atoms with Gasteiger partial charge in [-0.3, -0.25) is 10.2 Å². The van der Waals surface area contributed by atoms with E-state index in [4.69, 9.17) is 21.1 Å². The minimum atomic E-state index is -3.94. The number of carbonyl (C=O) groups is 1. The summed E-state index contributed by atoms with van der Waals surface area (Å²) in [5.74, 6) is 0.276. The minimum Gasteiger partial charge on any atom is -0.485 e. The van der Waals surface area contributed by atoms with Crippen LogP contribution in [-0.2, 0) is 14.8 Å². The molecule has 3 rings (SSSR count). The van der Waals surface area contributed by atoms with Gasteiger partial charge in [-0.2, -0.15) is 0 Å². The molecule has 126 valence electrons. The van der Waals surface area contributed by atoms with Gasteiger partial charge in [0.2, 0.25) is 6.10 Å². The van der Waals surface area contributed by atoms with Crippen LogP contribution >= 0.6 is 11.6 Å². The lowest BCUT2D eigenvalue weighted by molar-refractivity contribution is -0.130. The van der Waals surface area contributed by atoms with Crippen molar-refractivity contribution in [2.45, 2.75) is 11.0 Å². The van der Waals surface area contributed by atoms with Gasteiger partial charge in [-0.25, -0.2) is 8.42 Å². The first-order chi connectivity index (χ1) is 11.5. The van der Waals surface area contributed by atoms with Crippen molar-refractivity contribution in [2.24, 2.45) is 0 Å². The second kappa shape index (κ2) is 6.68. The van der Waals surface area contributed by atoms with E-state index in [-0.39, 0.29) is 16.5 Å². The van der Waals surface area contributed by atoms with Crippen LogP contribution in [0, 0.1) is 0 Å². The van der Waals surface area contributed by atoms with Crippen LogP contribution in [0.1, 0.15) is 0 Å². The summed E-state index contributed by atoms with van der Waals surface area (Å²) in [6.45, 7) is -0.0261. The van der Waals surface area contributed by atoms with Gasteiger partial charge < -0.3 is 9.47 Å². The zero-order valence-electron chi connectivity index (χ0n) is 12.2. The Morgan fingerprint density at radius 1 is 1.12 bits per heavy atom. The molecule has 0 saturated carbocycles. The second-order valence-corrected chi connectivity index (χ2v) is 7.04. The third-order valence-electron chi connectivity index (χ3n) is 3.22. The Morgan fingerprint density at radius 3 is 2.62 bits per heavy atom. The summed E-state index contributed by atoms with van der Waals surface area (Å²) in [4.78, 5) is 14.0. The lowest BCUT2D eigenvalue weighted by atomic mass is 10.2. The zero-order chi connectivity index (χ0) is 17.2. The molecule has 2 aromatic rings. The number of carbonyl (C=O) groups excluding carboxylic acids is 1. The summed E-state index contributed by atoms with van der Waals surface area (Å²) in [5, 5.41) is 0.268. The Balaban J connectivity index is 1.64. The number of fused-ring (bicyclic) bond motifs is 1. The molecule has 0 fully saturated rings. The minimum absolute atomic E-state index is 0.0261. The van der Waals surface area contributed by atoms with Crippen LogP contribution in [0.5, 0.6) is 11.5 Å². The molecule has 1 atom stereocenters. The molecule has 0 aromatic heterocycles. The van der Waals surface area contributed by atoms with E-state index in [0.717, 1.165) is 0 Å². The van der Waals surface area contributed by atoms with Crippen LogP contribution in [0.2, 0.25) is 5.02 Å². The van der Waals surface area contributed by atoms with Gasteiger partial charge in [0.25, 0.3) is 15.9 Å². The van der Waals surface area contributed by atoms with E-state index in [2.05, 4.69) is 5.43 Å². The Bertz CT molecular complexity index is 872. The van der Waals surface area contributed by atoms with E-state index in [9.17, 15) is 13.2 Å². The molecule has 2 N–H and O–H groups in total. The van der Waals surface area contributed by atoms with Crippen molar-refractivity contribution in [2.75, 3.05) is 6.61 Å². The smallest absolute Gasteiger partial charge is 0.279 e. The van der Waals surface area contributed by atoms with Crippen molar-refractivity contribution in [3.05, 3.63) is 53.6 Å². The maximum atomic E-state index is 12.1. The largest absolute Gasteiger partial charge is 0.485 e.